The normalized spacial score (nSPS) is 2.00. The summed E-state index contributed by atoms with van der Waals surface area (Å²) in [7, 11) is 0. The van der Waals surface area contributed by atoms with Gasteiger partial charge in [-0.15, -0.1) is 5.73 Å². The van der Waals surface area contributed by atoms with Crippen LogP contribution >= 0.6 is 0 Å². The molecule has 0 aromatic rings. The summed E-state index contributed by atoms with van der Waals surface area (Å²) in [4.78, 5) is 0. The zero-order valence-electron chi connectivity index (χ0n) is 2.41. The number of rotatable bonds is 0. The lowest BCUT2D eigenvalue weighted by molar-refractivity contribution is 2.51. The predicted octanol–water partition coefficient (Wildman–Crippen LogP) is 1.04. The second kappa shape index (κ2) is 21.5. The van der Waals surface area contributed by atoms with E-state index in [1.54, 1.807) is 0 Å². The van der Waals surface area contributed by atoms with Gasteiger partial charge in [0.2, 0.25) is 0 Å². The molecule has 0 saturated heterocycles. The molecular weight excluding hydrogens is 48.0 g/mol. The van der Waals surface area contributed by atoms with E-state index in [1.165, 1.54) is 0 Å². The fourth-order valence-corrected chi connectivity index (χ4v) is 0. The van der Waals surface area contributed by atoms with Gasteiger partial charge < -0.3 is 0 Å². The van der Waals surface area contributed by atoms with Crippen molar-refractivity contribution in [2.75, 3.05) is 0 Å². The molecule has 0 amide bonds. The van der Waals surface area contributed by atoms with Crippen LogP contribution in [0.2, 0.25) is 0 Å². The zero-order valence-corrected chi connectivity index (χ0v) is 2.41. The molecule has 0 aliphatic heterocycles. The molecule has 0 atom stereocenters. The summed E-state index contributed by atoms with van der Waals surface area (Å²) < 4.78 is 0. The van der Waals surface area contributed by atoms with Gasteiger partial charge in [0.25, 0.3) is 0 Å². The Kier molecular flexibility index (Phi) is 52.1. The summed E-state index contributed by atoms with van der Waals surface area (Å²) in [5.74, 6) is 0. The molecule has 0 bridgehead atoms. The molecule has 0 aliphatic carbocycles. The third-order valence-corrected chi connectivity index (χ3v) is 0. The van der Waals surface area contributed by atoms with Gasteiger partial charge in [-0.25, -0.2) is 0 Å². The van der Waals surface area contributed by atoms with Gasteiger partial charge >= 0.3 is 0 Å². The van der Waals surface area contributed by atoms with E-state index >= 15 is 0 Å². The van der Waals surface area contributed by atoms with E-state index in [9.17, 15) is 0 Å². The van der Waals surface area contributed by atoms with Crippen LogP contribution in [0, 0.1) is 7.43 Å². The van der Waals surface area contributed by atoms with E-state index in [2.05, 4.69) is 18.9 Å². The first-order valence-electron chi connectivity index (χ1n) is 0.707. The average molecular weight is 52.1 g/mol. The number of hydrogen-bond donors (Lipinski definition) is 0. The highest BCUT2D eigenvalue weighted by molar-refractivity contribution is 4.51. The van der Waals surface area contributed by atoms with Crippen LogP contribution in [0.5, 0.6) is 0 Å². The second-order valence-electron chi connectivity index (χ2n) is 0.250. The zero-order chi connectivity index (χ0) is 2.71. The van der Waals surface area contributed by atoms with E-state index in [0.29, 0.717) is 0 Å². The van der Waals surface area contributed by atoms with Crippen LogP contribution < -0.4 is 0 Å². The molecule has 0 heterocycles. The fourth-order valence-electron chi connectivity index (χ4n) is 0. The van der Waals surface area contributed by atoms with E-state index in [1.807, 2.05) is 0 Å². The lowest BCUT2D eigenvalue weighted by atomic mass is 11.0. The molecule has 4 heavy (non-hydrogen) atoms. The molecule has 0 heteroatoms. The van der Waals surface area contributed by atoms with Crippen LogP contribution in [0.25, 0.3) is 0 Å². The predicted molar refractivity (Wildman–Crippen MR) is 18.0 cm³/mol. The van der Waals surface area contributed by atoms with Crippen LogP contribution in [-0.4, -0.2) is 0 Å². The van der Waals surface area contributed by atoms with Gasteiger partial charge in [-0.1, -0.05) is 13.2 Å². The summed E-state index contributed by atoms with van der Waals surface area (Å²) >= 11 is 0. The van der Waals surface area contributed by atoms with Crippen molar-refractivity contribution in [3.8, 4) is 0 Å². The Bertz CT molecular complexity index is 21.0. The van der Waals surface area contributed by atoms with Gasteiger partial charge in [0.15, 0.2) is 0 Å². The van der Waals surface area contributed by atoms with Crippen molar-refractivity contribution in [2.24, 2.45) is 0 Å². The standard InChI is InChI=1S/C3H4.C/c1-3-2;/h1-2H2;. The topological polar surface area (TPSA) is 0 Å². The maximum Gasteiger partial charge on any atom is 0 e. The minimum absolute atomic E-state index is 0. The van der Waals surface area contributed by atoms with Crippen LogP contribution in [0.4, 0.5) is 0 Å². The van der Waals surface area contributed by atoms with Crippen LogP contribution in [-0.2, 0) is 0 Å². The lowest BCUT2D eigenvalue weighted by Crippen LogP contribution is -0.844. The Morgan fingerprint density at radius 3 is 1.25 bits per heavy atom. The second-order valence-corrected chi connectivity index (χ2v) is 0.250. The summed E-state index contributed by atoms with van der Waals surface area (Å²) in [6.45, 7) is 6.25. The summed E-state index contributed by atoms with van der Waals surface area (Å²) in [6.07, 6.45) is 0. The molecule has 0 aromatic carbocycles. The Labute approximate surface area is 27.5 Å². The highest BCUT2D eigenvalue weighted by Gasteiger charge is 0.904. The van der Waals surface area contributed by atoms with Gasteiger partial charge in [0.1, 0.15) is 0 Å². The average Bonchev–Trinajstić information content (AvgIpc) is 0.918. The first kappa shape index (κ1) is 9.68. The molecule has 0 saturated carbocycles. The molecule has 0 nitrogen and oxygen atoms in total. The molecule has 4 radical (unpaired) electrons. The first-order chi connectivity index (χ1) is 1.41. The molecule has 0 N–H and O–H groups in total. The maximum atomic E-state index is 3.12. The molecule has 0 rings (SSSR count). The monoisotopic (exact) mass is 52.0 g/mol. The van der Waals surface area contributed by atoms with Crippen molar-refractivity contribution >= 4 is 0 Å². The molecule has 0 aliphatic rings. The van der Waals surface area contributed by atoms with Gasteiger partial charge in [-0.2, -0.15) is 0 Å². The van der Waals surface area contributed by atoms with Gasteiger partial charge in [0, 0.05) is 7.43 Å². The van der Waals surface area contributed by atoms with Crippen LogP contribution in [0.1, 0.15) is 0 Å². The van der Waals surface area contributed by atoms with E-state index in [4.69, 9.17) is 0 Å². The molecule has 0 spiro atoms. The molecule has 0 aromatic heterocycles. The van der Waals surface area contributed by atoms with Crippen LogP contribution in [0.15, 0.2) is 18.9 Å². The summed E-state index contributed by atoms with van der Waals surface area (Å²) in [6, 6.07) is 0. The Morgan fingerprint density at radius 2 is 1.25 bits per heavy atom. The smallest absolute Gasteiger partial charge is 0 e. The van der Waals surface area contributed by atoms with Crippen molar-refractivity contribution in [1.29, 1.82) is 0 Å². The fraction of sp³-hybridized carbons (Fsp3) is 0. The molecular formula is C4H4. The Balaban J connectivity index is 0. The van der Waals surface area contributed by atoms with Crippen molar-refractivity contribution < 1.29 is 0 Å². The van der Waals surface area contributed by atoms with E-state index < -0.39 is 0 Å². The third kappa shape index (κ3) is 1.78. The van der Waals surface area contributed by atoms with Gasteiger partial charge in [0.05, 0.1) is 0 Å². The van der Waals surface area contributed by atoms with E-state index in [0.717, 1.165) is 0 Å². The SMILES string of the molecule is C=C=C.[C]. The lowest BCUT2D eigenvalue weighted by Gasteiger charge is -1.10. The highest BCUT2D eigenvalue weighted by atomic mass is 13.0. The van der Waals surface area contributed by atoms with Gasteiger partial charge in [-0.05, 0) is 0 Å². The molecule has 20 valence electrons. The molecule has 0 unspecified atom stereocenters. The first-order valence-corrected chi connectivity index (χ1v) is 0.707. The Morgan fingerprint density at radius 1 is 1.25 bits per heavy atom. The van der Waals surface area contributed by atoms with Crippen molar-refractivity contribution in [1.82, 2.24) is 0 Å². The maximum absolute atomic E-state index is 3.12. The largest absolute Gasteiger partial charge is 0.137 e. The van der Waals surface area contributed by atoms with Crippen molar-refractivity contribution in [3.63, 3.8) is 0 Å². The number of hydrogen-bond acceptors (Lipinski definition) is 0. The van der Waals surface area contributed by atoms with Crippen molar-refractivity contribution in [3.05, 3.63) is 26.3 Å². The van der Waals surface area contributed by atoms with E-state index in [-0.39, 0.29) is 7.43 Å². The summed E-state index contributed by atoms with van der Waals surface area (Å²) in [5, 5.41) is 0. The Hall–Kier alpha value is -0.480. The minimum atomic E-state index is 0. The minimum Gasteiger partial charge on any atom is -0.137 e. The quantitative estimate of drug-likeness (QED) is 0.361. The third-order valence-electron chi connectivity index (χ3n) is 0. The van der Waals surface area contributed by atoms with Crippen molar-refractivity contribution in [2.45, 2.75) is 0 Å². The molecule has 0 fully saturated rings. The van der Waals surface area contributed by atoms with Crippen LogP contribution in [0.3, 0.4) is 0 Å². The van der Waals surface area contributed by atoms with Gasteiger partial charge in [-0.3, -0.25) is 0 Å². The summed E-state index contributed by atoms with van der Waals surface area (Å²) in [5.41, 5.74) is 2.25. The highest BCUT2D eigenvalue weighted by Crippen LogP contribution is 1.16.